The van der Waals surface area contributed by atoms with Gasteiger partial charge in [-0.15, -0.1) is 0 Å². The number of fused-ring (bicyclic) bond motifs is 1. The number of hydrogen-bond donors (Lipinski definition) is 0. The van der Waals surface area contributed by atoms with Gasteiger partial charge in [0.05, 0.1) is 22.3 Å². The Morgan fingerprint density at radius 2 is 1.52 bits per heavy atom. The van der Waals surface area contributed by atoms with Crippen molar-refractivity contribution in [2.45, 2.75) is 51.5 Å². The monoisotopic (exact) mass is 486 g/mol. The molecule has 0 N–H and O–H groups in total. The first kappa shape index (κ1) is 22.9. The predicted octanol–water partition coefficient (Wildman–Crippen LogP) is 6.55. The number of halogens is 2. The molecule has 2 fully saturated rings. The molecular formula is C22H25Cl2O6P. The van der Waals surface area contributed by atoms with Gasteiger partial charge in [-0.05, 0) is 44.5 Å². The molecule has 0 aromatic heterocycles. The number of rotatable bonds is 7. The Bertz CT molecular complexity index is 932. The van der Waals surface area contributed by atoms with Crippen LogP contribution in [-0.2, 0) is 18.8 Å². The highest BCUT2D eigenvalue weighted by Crippen LogP contribution is 2.53. The summed E-state index contributed by atoms with van der Waals surface area (Å²) < 4.78 is 43.3. The summed E-state index contributed by atoms with van der Waals surface area (Å²) in [6.07, 6.45) is -0.310. The third kappa shape index (κ3) is 5.22. The van der Waals surface area contributed by atoms with Gasteiger partial charge in [0, 0.05) is 5.92 Å². The minimum absolute atomic E-state index is 0.0563. The van der Waals surface area contributed by atoms with Crippen LogP contribution in [0.1, 0.15) is 27.2 Å². The molecule has 6 nitrogen and oxygen atoms in total. The number of benzene rings is 2. The van der Waals surface area contributed by atoms with Crippen LogP contribution in [0.3, 0.4) is 0 Å². The highest BCUT2D eigenvalue weighted by Gasteiger charge is 2.53. The molecule has 9 heteroatoms. The summed E-state index contributed by atoms with van der Waals surface area (Å²) >= 11 is 12.4. The van der Waals surface area contributed by atoms with E-state index in [0.717, 1.165) is 0 Å². The molecule has 0 spiro atoms. The average molecular weight is 487 g/mol. The fourth-order valence-electron chi connectivity index (χ4n) is 3.79. The fourth-order valence-corrected chi connectivity index (χ4v) is 5.95. The summed E-state index contributed by atoms with van der Waals surface area (Å²) in [6, 6.07) is 13.7. The molecular weight excluding hydrogens is 462 g/mol. The maximum Gasteiger partial charge on any atom is 0.430 e. The lowest BCUT2D eigenvalue weighted by Crippen LogP contribution is -2.29. The predicted molar refractivity (Wildman–Crippen MR) is 119 cm³/mol. The summed E-state index contributed by atoms with van der Waals surface area (Å²) in [5.41, 5.74) is 0. The summed E-state index contributed by atoms with van der Waals surface area (Å²) in [5.74, 6) is -0.0548. The van der Waals surface area contributed by atoms with E-state index in [0.29, 0.717) is 16.5 Å². The van der Waals surface area contributed by atoms with Crippen LogP contribution in [0.2, 0.25) is 10.0 Å². The van der Waals surface area contributed by atoms with Crippen molar-refractivity contribution in [3.8, 4) is 11.5 Å². The third-order valence-corrected chi connectivity index (χ3v) is 7.72. The molecule has 4 atom stereocenters. The van der Waals surface area contributed by atoms with E-state index in [4.69, 9.17) is 46.5 Å². The lowest BCUT2D eigenvalue weighted by Gasteiger charge is -2.25. The van der Waals surface area contributed by atoms with E-state index in [1.807, 2.05) is 20.8 Å². The standard InChI is InChI=1S/C22H25Cl2O6P/c1-14-17(26-21-20(14)27-22(2,3)28-21)12-13-31(25,29-18-10-6-4-8-15(18)23)30-19-11-7-5-9-16(19)24/h4-11,14,17,20-21H,12-13H2,1-3H3/t14-,17-,20-,21-/m1/s1. The van der Waals surface area contributed by atoms with Gasteiger partial charge in [0.2, 0.25) is 0 Å². The average Bonchev–Trinajstić information content (AvgIpc) is 3.16. The molecule has 0 radical (unpaired) electrons. The first-order chi connectivity index (χ1) is 14.7. The molecule has 2 aromatic carbocycles. The zero-order chi connectivity index (χ0) is 22.2. The van der Waals surface area contributed by atoms with Gasteiger partial charge in [-0.2, -0.15) is 0 Å². The maximum atomic E-state index is 13.8. The second-order valence-corrected chi connectivity index (χ2v) is 11.0. The molecule has 4 rings (SSSR count). The zero-order valence-electron chi connectivity index (χ0n) is 17.5. The summed E-state index contributed by atoms with van der Waals surface area (Å²) in [6.45, 7) is 5.76. The van der Waals surface area contributed by atoms with E-state index in [9.17, 15) is 4.57 Å². The van der Waals surface area contributed by atoms with Crippen LogP contribution in [0.25, 0.3) is 0 Å². The van der Waals surface area contributed by atoms with Crippen LogP contribution in [0, 0.1) is 5.92 Å². The first-order valence-corrected chi connectivity index (χ1v) is 12.6. The van der Waals surface area contributed by atoms with Crippen molar-refractivity contribution in [3.05, 3.63) is 58.6 Å². The lowest BCUT2D eigenvalue weighted by atomic mass is 9.99. The van der Waals surface area contributed by atoms with Gasteiger partial charge in [-0.3, -0.25) is 0 Å². The van der Waals surface area contributed by atoms with Crippen molar-refractivity contribution in [3.63, 3.8) is 0 Å². The fraction of sp³-hybridized carbons (Fsp3) is 0.455. The minimum atomic E-state index is -3.68. The van der Waals surface area contributed by atoms with Crippen molar-refractivity contribution in [1.29, 1.82) is 0 Å². The molecule has 2 saturated heterocycles. The Kier molecular flexibility index (Phi) is 6.60. The van der Waals surface area contributed by atoms with E-state index in [1.54, 1.807) is 48.5 Å². The molecule has 31 heavy (non-hydrogen) atoms. The van der Waals surface area contributed by atoms with Gasteiger partial charge in [-0.25, -0.2) is 4.57 Å². The van der Waals surface area contributed by atoms with E-state index < -0.39 is 19.7 Å². The highest BCUT2D eigenvalue weighted by molar-refractivity contribution is 7.54. The molecule has 168 valence electrons. The van der Waals surface area contributed by atoms with Crippen LogP contribution < -0.4 is 9.05 Å². The third-order valence-electron chi connectivity index (χ3n) is 5.34. The molecule has 0 unspecified atom stereocenters. The van der Waals surface area contributed by atoms with Gasteiger partial charge >= 0.3 is 7.60 Å². The summed E-state index contributed by atoms with van der Waals surface area (Å²) in [4.78, 5) is 0. The van der Waals surface area contributed by atoms with Crippen LogP contribution in [0.4, 0.5) is 0 Å². The quantitative estimate of drug-likeness (QED) is 0.413. The Morgan fingerprint density at radius 1 is 0.968 bits per heavy atom. The lowest BCUT2D eigenvalue weighted by molar-refractivity contribution is -0.209. The van der Waals surface area contributed by atoms with Crippen molar-refractivity contribution < 1.29 is 27.8 Å². The second-order valence-electron chi connectivity index (χ2n) is 8.17. The SMILES string of the molecule is C[C@H]1[C@H]2OC(C)(C)O[C@H]2O[C@@H]1CCP(=O)(Oc1ccccc1Cl)Oc1ccccc1Cl. The van der Waals surface area contributed by atoms with E-state index in [-0.39, 0.29) is 35.8 Å². The first-order valence-electron chi connectivity index (χ1n) is 10.1. The number of hydrogen-bond acceptors (Lipinski definition) is 6. The maximum absolute atomic E-state index is 13.8. The van der Waals surface area contributed by atoms with Gasteiger partial charge in [0.25, 0.3) is 0 Å². The molecule has 0 amide bonds. The Balaban J connectivity index is 1.50. The number of para-hydroxylation sites is 2. The van der Waals surface area contributed by atoms with E-state index >= 15 is 0 Å². The topological polar surface area (TPSA) is 63.2 Å². The molecule has 2 aliphatic heterocycles. The molecule has 0 bridgehead atoms. The Labute approximate surface area is 192 Å². The van der Waals surface area contributed by atoms with E-state index in [1.165, 1.54) is 0 Å². The molecule has 2 aliphatic rings. The van der Waals surface area contributed by atoms with Crippen LogP contribution in [0.15, 0.2) is 48.5 Å². The largest absolute Gasteiger partial charge is 0.430 e. The smallest absolute Gasteiger partial charge is 0.414 e. The van der Waals surface area contributed by atoms with Gasteiger partial charge < -0.3 is 23.3 Å². The van der Waals surface area contributed by atoms with Gasteiger partial charge in [0.1, 0.15) is 17.6 Å². The van der Waals surface area contributed by atoms with Crippen LogP contribution in [0.5, 0.6) is 11.5 Å². The van der Waals surface area contributed by atoms with Crippen molar-refractivity contribution in [2.24, 2.45) is 5.92 Å². The minimum Gasteiger partial charge on any atom is -0.414 e. The van der Waals surface area contributed by atoms with Gasteiger partial charge in [-0.1, -0.05) is 54.4 Å². The summed E-state index contributed by atoms with van der Waals surface area (Å²) in [5, 5.41) is 0.684. The van der Waals surface area contributed by atoms with Crippen LogP contribution >= 0.6 is 30.8 Å². The Morgan fingerprint density at radius 3 is 2.03 bits per heavy atom. The zero-order valence-corrected chi connectivity index (χ0v) is 19.9. The highest BCUT2D eigenvalue weighted by atomic mass is 35.5. The summed E-state index contributed by atoms with van der Waals surface area (Å²) in [7, 11) is -3.68. The molecule has 0 saturated carbocycles. The molecule has 2 heterocycles. The number of ether oxygens (including phenoxy) is 3. The normalized spacial score (nSPS) is 27.1. The van der Waals surface area contributed by atoms with Crippen molar-refractivity contribution in [1.82, 2.24) is 0 Å². The van der Waals surface area contributed by atoms with Crippen molar-refractivity contribution >= 4 is 30.8 Å². The molecule has 2 aromatic rings. The second kappa shape index (κ2) is 8.93. The Hall–Kier alpha value is -1.27. The van der Waals surface area contributed by atoms with E-state index in [2.05, 4.69) is 0 Å². The van der Waals surface area contributed by atoms with Crippen molar-refractivity contribution in [2.75, 3.05) is 6.16 Å². The molecule has 0 aliphatic carbocycles. The van der Waals surface area contributed by atoms with Gasteiger partial charge in [0.15, 0.2) is 12.1 Å². The van der Waals surface area contributed by atoms with Crippen LogP contribution in [-0.4, -0.2) is 30.4 Å².